The van der Waals surface area contributed by atoms with E-state index >= 15 is 0 Å². The van der Waals surface area contributed by atoms with Crippen LogP contribution in [0, 0.1) is 0 Å². The molecule has 1 aliphatic rings. The molecule has 3 aromatic rings. The van der Waals surface area contributed by atoms with Gasteiger partial charge in [-0.3, -0.25) is 9.78 Å². The number of hydrogen-bond acceptors (Lipinski definition) is 4. The van der Waals surface area contributed by atoms with E-state index in [1.54, 1.807) is 12.4 Å². The number of likely N-dealkylation sites (N-methyl/N-ethyl adjacent to an activating group) is 1. The minimum absolute atomic E-state index is 0.0588. The van der Waals surface area contributed by atoms with E-state index in [-0.39, 0.29) is 11.7 Å². The summed E-state index contributed by atoms with van der Waals surface area (Å²) < 4.78 is 0. The Labute approximate surface area is 194 Å². The zero-order valence-corrected chi connectivity index (χ0v) is 19.0. The van der Waals surface area contributed by atoms with E-state index in [1.807, 2.05) is 48.5 Å². The molecule has 32 heavy (non-hydrogen) atoms. The second kappa shape index (κ2) is 10.2. The predicted molar refractivity (Wildman–Crippen MR) is 127 cm³/mol. The summed E-state index contributed by atoms with van der Waals surface area (Å²) >= 11 is 6.12. The number of aryl methyl sites for hydroxylation is 1. The van der Waals surface area contributed by atoms with Gasteiger partial charge in [-0.2, -0.15) is 0 Å². The molecule has 0 bridgehead atoms. The number of carbonyl (C=O) groups excluding carboxylic acids is 1. The number of carbonyl (C=O) groups is 1. The number of fused-ring (bicyclic) bond motifs is 1. The summed E-state index contributed by atoms with van der Waals surface area (Å²) in [6.45, 7) is 1.41. The quantitative estimate of drug-likeness (QED) is 0.585. The van der Waals surface area contributed by atoms with E-state index in [4.69, 9.17) is 11.6 Å². The first kappa shape index (κ1) is 22.3. The normalized spacial score (nSPS) is 16.2. The highest BCUT2D eigenvalue weighted by Gasteiger charge is 2.23. The van der Waals surface area contributed by atoms with Crippen LogP contribution in [0.4, 0.5) is 0 Å². The van der Waals surface area contributed by atoms with Crippen molar-refractivity contribution in [1.82, 2.24) is 15.2 Å². The zero-order valence-electron chi connectivity index (χ0n) is 18.2. The maximum Gasteiger partial charge on any atom is 0.251 e. The van der Waals surface area contributed by atoms with Gasteiger partial charge in [0.05, 0.1) is 5.02 Å². The Morgan fingerprint density at radius 3 is 2.78 bits per heavy atom. The number of nitrogens with one attached hydrogen (secondary N) is 1. The van der Waals surface area contributed by atoms with Crippen LogP contribution in [0.5, 0.6) is 5.75 Å². The number of hydrogen-bond donors (Lipinski definition) is 2. The van der Waals surface area contributed by atoms with Crippen molar-refractivity contribution in [2.45, 2.75) is 38.3 Å². The van der Waals surface area contributed by atoms with E-state index in [1.165, 1.54) is 5.56 Å². The Kier molecular flexibility index (Phi) is 7.08. The highest BCUT2D eigenvalue weighted by molar-refractivity contribution is 6.32. The topological polar surface area (TPSA) is 65.5 Å². The number of phenols is 1. The van der Waals surface area contributed by atoms with Gasteiger partial charge in [0.2, 0.25) is 0 Å². The van der Waals surface area contributed by atoms with E-state index in [2.05, 4.69) is 22.2 Å². The summed E-state index contributed by atoms with van der Waals surface area (Å²) in [6, 6.07) is 15.7. The predicted octanol–water partition coefficient (Wildman–Crippen LogP) is 4.40. The zero-order chi connectivity index (χ0) is 22.5. The second-order valence-corrected chi connectivity index (χ2v) is 8.80. The van der Waals surface area contributed by atoms with E-state index in [9.17, 15) is 9.90 Å². The number of nitrogens with zero attached hydrogens (tertiary/aromatic N) is 2. The molecule has 1 aromatic heterocycles. The van der Waals surface area contributed by atoms with Crippen LogP contribution in [-0.2, 0) is 25.8 Å². The molecule has 6 heteroatoms. The first-order valence-electron chi connectivity index (χ1n) is 11.0. The summed E-state index contributed by atoms with van der Waals surface area (Å²) in [7, 11) is 2.14. The molecule has 1 aliphatic heterocycles. The molecule has 1 amide bonds. The molecule has 2 N–H and O–H groups in total. The fraction of sp³-hybridized carbons (Fsp3) is 0.308. The summed E-state index contributed by atoms with van der Waals surface area (Å²) in [6.07, 6.45) is 6.95. The third-order valence-electron chi connectivity index (χ3n) is 6.29. The smallest absolute Gasteiger partial charge is 0.251 e. The van der Waals surface area contributed by atoms with Gasteiger partial charge in [0.1, 0.15) is 5.75 Å². The van der Waals surface area contributed by atoms with Crippen molar-refractivity contribution in [3.8, 4) is 5.75 Å². The van der Waals surface area contributed by atoms with Crippen LogP contribution in [0.3, 0.4) is 0 Å². The monoisotopic (exact) mass is 449 g/mol. The number of rotatable bonds is 6. The van der Waals surface area contributed by atoms with Crippen LogP contribution >= 0.6 is 11.6 Å². The molecule has 2 aromatic carbocycles. The van der Waals surface area contributed by atoms with Gasteiger partial charge in [0, 0.05) is 37.1 Å². The molecule has 5 nitrogen and oxygen atoms in total. The highest BCUT2D eigenvalue weighted by Crippen LogP contribution is 2.31. The van der Waals surface area contributed by atoms with E-state index in [0.717, 1.165) is 54.5 Å². The molecule has 0 aliphatic carbocycles. The Morgan fingerprint density at radius 2 is 1.97 bits per heavy atom. The van der Waals surface area contributed by atoms with Crippen molar-refractivity contribution in [3.05, 3.63) is 93.8 Å². The van der Waals surface area contributed by atoms with E-state index in [0.29, 0.717) is 17.6 Å². The van der Waals surface area contributed by atoms with Crippen LogP contribution in [0.1, 0.15) is 39.0 Å². The van der Waals surface area contributed by atoms with Crippen LogP contribution in [0.15, 0.2) is 60.9 Å². The van der Waals surface area contributed by atoms with Crippen molar-refractivity contribution in [2.75, 3.05) is 13.6 Å². The lowest BCUT2D eigenvalue weighted by atomic mass is 9.94. The summed E-state index contributed by atoms with van der Waals surface area (Å²) in [5.41, 5.74) is 5.16. The Balaban J connectivity index is 1.44. The molecule has 0 saturated heterocycles. The lowest BCUT2D eigenvalue weighted by molar-refractivity contribution is 0.0949. The van der Waals surface area contributed by atoms with Crippen molar-refractivity contribution < 1.29 is 9.90 Å². The minimum atomic E-state index is -0.0588. The summed E-state index contributed by atoms with van der Waals surface area (Å²) in [5, 5.41) is 13.5. The van der Waals surface area contributed by atoms with Crippen molar-refractivity contribution in [1.29, 1.82) is 0 Å². The van der Waals surface area contributed by atoms with Crippen molar-refractivity contribution in [2.24, 2.45) is 0 Å². The van der Waals surface area contributed by atoms with Crippen LogP contribution in [0.2, 0.25) is 5.02 Å². The molecule has 4 rings (SSSR count). The molecule has 0 saturated carbocycles. The summed E-state index contributed by atoms with van der Waals surface area (Å²) in [5.74, 6) is 0.0847. The Morgan fingerprint density at radius 1 is 1.19 bits per heavy atom. The molecule has 1 atom stereocenters. The number of amides is 1. The van der Waals surface area contributed by atoms with Gasteiger partial charge in [-0.1, -0.05) is 29.8 Å². The third-order valence-corrected chi connectivity index (χ3v) is 6.60. The maximum atomic E-state index is 12.9. The van der Waals surface area contributed by atoms with Crippen molar-refractivity contribution in [3.63, 3.8) is 0 Å². The third kappa shape index (κ3) is 5.29. The first-order valence-corrected chi connectivity index (χ1v) is 11.3. The number of benzene rings is 2. The molecular formula is C26H28ClN3O2. The first-order chi connectivity index (χ1) is 15.5. The largest absolute Gasteiger partial charge is 0.506 e. The lowest BCUT2D eigenvalue weighted by Gasteiger charge is -2.26. The summed E-state index contributed by atoms with van der Waals surface area (Å²) in [4.78, 5) is 19.2. The van der Waals surface area contributed by atoms with Crippen LogP contribution < -0.4 is 5.32 Å². The Hall–Kier alpha value is -2.89. The number of aromatic nitrogens is 1. The van der Waals surface area contributed by atoms with Gasteiger partial charge in [-0.05, 0) is 85.3 Å². The molecular weight excluding hydrogens is 422 g/mol. The van der Waals surface area contributed by atoms with Gasteiger partial charge >= 0.3 is 0 Å². The number of phenolic OH excluding ortho intramolecular Hbond substituents is 1. The molecule has 0 spiro atoms. The average Bonchev–Trinajstić information content (AvgIpc) is 2.96. The van der Waals surface area contributed by atoms with Crippen LogP contribution in [0.25, 0.3) is 0 Å². The molecule has 166 valence electrons. The molecule has 0 radical (unpaired) electrons. The SMILES string of the molecule is CN1CCc2cc(Cl)c(O)cc2CC1CCc1ccccc1C(=O)NCc1ccncc1. The van der Waals surface area contributed by atoms with Gasteiger partial charge in [-0.15, -0.1) is 0 Å². The van der Waals surface area contributed by atoms with Gasteiger partial charge in [0.15, 0.2) is 0 Å². The highest BCUT2D eigenvalue weighted by atomic mass is 35.5. The number of halogens is 1. The lowest BCUT2D eigenvalue weighted by Crippen LogP contribution is -2.33. The van der Waals surface area contributed by atoms with Crippen LogP contribution in [-0.4, -0.2) is 40.5 Å². The van der Waals surface area contributed by atoms with Gasteiger partial charge < -0.3 is 15.3 Å². The Bertz CT molecular complexity index is 1090. The van der Waals surface area contributed by atoms with Gasteiger partial charge in [0.25, 0.3) is 5.91 Å². The van der Waals surface area contributed by atoms with Crippen molar-refractivity contribution >= 4 is 17.5 Å². The molecule has 1 unspecified atom stereocenters. The minimum Gasteiger partial charge on any atom is -0.506 e. The number of pyridine rings is 1. The molecule has 0 fully saturated rings. The average molecular weight is 450 g/mol. The standard InChI is InChI=1S/C26H28ClN3O2/c1-30-13-10-20-15-24(27)25(31)16-21(20)14-22(30)7-6-19-4-2-3-5-23(19)26(32)29-17-18-8-11-28-12-9-18/h2-5,8-9,11-12,15-16,22,31H,6-7,10,13-14,17H2,1H3,(H,29,32). The fourth-order valence-electron chi connectivity index (χ4n) is 4.34. The number of aromatic hydroxyl groups is 1. The van der Waals surface area contributed by atoms with Gasteiger partial charge in [-0.25, -0.2) is 0 Å². The molecule has 2 heterocycles. The second-order valence-electron chi connectivity index (χ2n) is 8.39. The van der Waals surface area contributed by atoms with E-state index < -0.39 is 0 Å². The fourth-order valence-corrected chi connectivity index (χ4v) is 4.53. The maximum absolute atomic E-state index is 12.9.